The molecule has 19 heteroatoms. The van der Waals surface area contributed by atoms with Gasteiger partial charge >= 0.3 is 46.3 Å². The van der Waals surface area contributed by atoms with Gasteiger partial charge in [0.15, 0.2) is 0 Å². The zero-order valence-corrected chi connectivity index (χ0v) is 30.3. The molecule has 0 heterocycles. The smallest absolute Gasteiger partial charge is 0.407 e. The number of hydrogen-bond acceptors (Lipinski definition) is 15. The van der Waals surface area contributed by atoms with Crippen molar-refractivity contribution < 1.29 is 78.8 Å². The fraction of sp³-hybridized carbons (Fsp3) is 0.613. The number of alkyl carbamates (subject to hydrolysis) is 1. The van der Waals surface area contributed by atoms with Gasteiger partial charge in [0.1, 0.15) is 46.1 Å². The van der Waals surface area contributed by atoms with Gasteiger partial charge in [-0.05, 0) is 33.6 Å². The van der Waals surface area contributed by atoms with Crippen LogP contribution in [0.5, 0.6) is 0 Å². The van der Waals surface area contributed by atoms with E-state index in [2.05, 4.69) is 29.2 Å². The van der Waals surface area contributed by atoms with E-state index in [1.807, 2.05) is 7.05 Å². The van der Waals surface area contributed by atoms with E-state index in [0.29, 0.717) is 32.5 Å². The van der Waals surface area contributed by atoms with E-state index in [4.69, 9.17) is 33.0 Å². The van der Waals surface area contributed by atoms with Crippen molar-refractivity contribution in [2.75, 3.05) is 80.0 Å². The monoisotopic (exact) mass is 739 g/mol. The fourth-order valence-corrected chi connectivity index (χ4v) is 3.08. The van der Waals surface area contributed by atoms with Crippen LogP contribution in [0.4, 0.5) is 4.79 Å². The van der Waals surface area contributed by atoms with Crippen molar-refractivity contribution in [1.29, 1.82) is 0 Å². The summed E-state index contributed by atoms with van der Waals surface area (Å²) in [5, 5.41) is 2.47. The highest BCUT2D eigenvalue weighted by molar-refractivity contribution is 7.80. The van der Waals surface area contributed by atoms with E-state index in [0.717, 1.165) is 7.11 Å². The van der Waals surface area contributed by atoms with Gasteiger partial charge in [0.25, 0.3) is 0 Å². The summed E-state index contributed by atoms with van der Waals surface area (Å²) in [6, 6.07) is 0. The van der Waals surface area contributed by atoms with Gasteiger partial charge in [-0.1, -0.05) is 19.7 Å². The van der Waals surface area contributed by atoms with E-state index in [-0.39, 0.29) is 80.2 Å². The number of amides is 1. The number of rotatable bonds is 24. The maximum Gasteiger partial charge on any atom is 0.407 e. The largest absolute Gasteiger partial charge is 0.462 e. The van der Waals surface area contributed by atoms with Crippen LogP contribution in [-0.4, -0.2) is 133 Å². The number of nitrogens with zero attached hydrogens (tertiary/aromatic N) is 1. The molecule has 0 rings (SSSR count). The molecule has 0 spiro atoms. The molecule has 0 atom stereocenters. The second-order valence-electron chi connectivity index (χ2n) is 10.8. The fourth-order valence-electron chi connectivity index (χ4n) is 3.08. The first-order valence-electron chi connectivity index (χ1n) is 15.3. The summed E-state index contributed by atoms with van der Waals surface area (Å²) in [5.41, 5.74) is 0.782. The molecule has 0 saturated heterocycles. The van der Waals surface area contributed by atoms with Crippen LogP contribution in [0.1, 0.15) is 46.5 Å². The summed E-state index contributed by atoms with van der Waals surface area (Å²) < 4.78 is 60.6. The number of carbonyl (C=O) groups is 6. The predicted molar refractivity (Wildman–Crippen MR) is 176 cm³/mol. The Labute approximate surface area is 293 Å². The van der Waals surface area contributed by atoms with Gasteiger partial charge in [-0.25, -0.2) is 19.2 Å². The highest BCUT2D eigenvalue weighted by atomic mass is 32.3. The molecule has 0 aromatic carbocycles. The summed E-state index contributed by atoms with van der Waals surface area (Å²) in [6.45, 7) is 16.2. The molecule has 0 unspecified atom stereocenters. The third kappa shape index (κ3) is 28.7. The minimum atomic E-state index is -4.16. The quantitative estimate of drug-likeness (QED) is 0.0357. The topological polar surface area (TPSA) is 233 Å². The summed E-state index contributed by atoms with van der Waals surface area (Å²) in [7, 11) is -1.46. The third-order valence-electron chi connectivity index (χ3n) is 6.03. The molecule has 0 saturated carbocycles. The zero-order valence-electron chi connectivity index (χ0n) is 29.4. The molecular formula is C31H51N2O16S+. The van der Waals surface area contributed by atoms with Gasteiger partial charge in [0.05, 0.1) is 33.9 Å². The van der Waals surface area contributed by atoms with E-state index in [1.165, 1.54) is 20.8 Å². The van der Waals surface area contributed by atoms with Crippen molar-refractivity contribution in [2.45, 2.75) is 46.5 Å². The first-order chi connectivity index (χ1) is 23.2. The molecule has 50 heavy (non-hydrogen) atoms. The SMILES string of the molecule is C=C(C)C(=O)OCCCC(=O)OCC[N+](C)(CCOC(=O)CCCOC(=O)C(=C)C)CCOC(=O)NCCOC(=O)C(=C)C.COS(=O)(=O)O. The Morgan fingerprint density at radius 3 is 1.30 bits per heavy atom. The van der Waals surface area contributed by atoms with E-state index >= 15 is 0 Å². The molecule has 0 bridgehead atoms. The zero-order chi connectivity index (χ0) is 38.8. The molecule has 0 radical (unpaired) electrons. The van der Waals surface area contributed by atoms with Crippen molar-refractivity contribution in [3.8, 4) is 0 Å². The second-order valence-corrected chi connectivity index (χ2v) is 12.0. The summed E-state index contributed by atoms with van der Waals surface area (Å²) in [5.74, 6) is -2.55. The Morgan fingerprint density at radius 1 is 0.620 bits per heavy atom. The molecule has 1 amide bonds. The van der Waals surface area contributed by atoms with E-state index in [1.54, 1.807) is 0 Å². The Balaban J connectivity index is 0. The van der Waals surface area contributed by atoms with Gasteiger partial charge in [-0.15, -0.1) is 0 Å². The molecule has 0 aliphatic heterocycles. The summed E-state index contributed by atoms with van der Waals surface area (Å²) in [6.07, 6.45) is -0.0152. The highest BCUT2D eigenvalue weighted by Crippen LogP contribution is 2.06. The van der Waals surface area contributed by atoms with Gasteiger partial charge in [0.2, 0.25) is 0 Å². The number of ether oxygens (including phenoxy) is 6. The average molecular weight is 740 g/mol. The van der Waals surface area contributed by atoms with Crippen LogP contribution in [0.2, 0.25) is 0 Å². The van der Waals surface area contributed by atoms with E-state index in [9.17, 15) is 37.2 Å². The van der Waals surface area contributed by atoms with Crippen molar-refractivity contribution >= 4 is 46.3 Å². The van der Waals surface area contributed by atoms with Crippen LogP contribution >= 0.6 is 0 Å². The number of esters is 5. The molecule has 286 valence electrons. The van der Waals surface area contributed by atoms with Crippen molar-refractivity contribution in [3.63, 3.8) is 0 Å². The minimum Gasteiger partial charge on any atom is -0.462 e. The normalized spacial score (nSPS) is 10.7. The van der Waals surface area contributed by atoms with Crippen molar-refractivity contribution in [1.82, 2.24) is 5.32 Å². The number of hydrogen-bond donors (Lipinski definition) is 2. The van der Waals surface area contributed by atoms with Gasteiger partial charge in [-0.3, -0.25) is 18.3 Å². The molecular weight excluding hydrogens is 688 g/mol. The first kappa shape index (κ1) is 47.8. The molecule has 0 fully saturated rings. The lowest BCUT2D eigenvalue weighted by molar-refractivity contribution is -0.910. The maximum absolute atomic E-state index is 12.1. The number of nitrogens with one attached hydrogen (secondary N) is 1. The van der Waals surface area contributed by atoms with Gasteiger partial charge < -0.3 is 38.2 Å². The number of quaternary nitrogens is 1. The summed E-state index contributed by atoms with van der Waals surface area (Å²) >= 11 is 0. The second kappa shape index (κ2) is 26.5. The van der Waals surface area contributed by atoms with Crippen LogP contribution in [0, 0.1) is 0 Å². The lowest BCUT2D eigenvalue weighted by Gasteiger charge is -2.33. The maximum atomic E-state index is 12.1. The van der Waals surface area contributed by atoms with Crippen LogP contribution in [0.15, 0.2) is 36.5 Å². The number of likely N-dealkylation sites (N-methyl/N-ethyl adjacent to an activating group) is 1. The Kier molecular flexibility index (Phi) is 25.4. The van der Waals surface area contributed by atoms with Crippen molar-refractivity contribution in [2.24, 2.45) is 0 Å². The van der Waals surface area contributed by atoms with Crippen LogP contribution < -0.4 is 5.32 Å². The first-order valence-corrected chi connectivity index (χ1v) is 16.7. The van der Waals surface area contributed by atoms with Crippen LogP contribution in [0.25, 0.3) is 0 Å². The average Bonchev–Trinajstić information content (AvgIpc) is 3.02. The number of carbonyl (C=O) groups excluding carboxylic acids is 6. The van der Waals surface area contributed by atoms with Crippen LogP contribution in [0.3, 0.4) is 0 Å². The van der Waals surface area contributed by atoms with E-state index < -0.39 is 46.3 Å². The molecule has 2 N–H and O–H groups in total. The highest BCUT2D eigenvalue weighted by Gasteiger charge is 2.24. The molecule has 0 aliphatic rings. The molecule has 0 aliphatic carbocycles. The summed E-state index contributed by atoms with van der Waals surface area (Å²) in [4.78, 5) is 70.4. The third-order valence-corrected chi connectivity index (χ3v) is 6.45. The minimum absolute atomic E-state index is 0.00203. The van der Waals surface area contributed by atoms with Crippen molar-refractivity contribution in [3.05, 3.63) is 36.5 Å². The Morgan fingerprint density at radius 2 is 0.960 bits per heavy atom. The standard InChI is InChI=1S/C30H46N2O12.CH4O4S/c1-22(2)27(35)41-16-8-10-25(33)39-19-13-32(7,14-20-40-26(34)11-9-17-42-28(36)23(3)4)15-21-44-30(38)31-12-18-43-29(37)24(5)6;1-5-6(2,3)4/h1,3,5,8-21H2,2,4,6-7H3;1H3,(H,2,3,4)/p+1. The van der Waals surface area contributed by atoms with Gasteiger partial charge in [-0.2, -0.15) is 8.42 Å². The molecule has 0 aromatic heterocycles. The van der Waals surface area contributed by atoms with Gasteiger partial charge in [0, 0.05) is 29.6 Å². The Bertz CT molecular complexity index is 1150. The Hall–Kier alpha value is -4.33. The lowest BCUT2D eigenvalue weighted by atomic mass is 10.3. The van der Waals surface area contributed by atoms with Crippen LogP contribution in [-0.2, 0) is 67.0 Å². The molecule has 18 nitrogen and oxygen atoms in total. The predicted octanol–water partition coefficient (Wildman–Crippen LogP) is 1.60. The molecule has 0 aromatic rings. The lowest BCUT2D eigenvalue weighted by Crippen LogP contribution is -2.51.